The maximum Gasteiger partial charge on any atom is 0.308 e. The van der Waals surface area contributed by atoms with E-state index >= 15 is 0 Å². The first kappa shape index (κ1) is 18.2. The van der Waals surface area contributed by atoms with Gasteiger partial charge < -0.3 is 15.3 Å². The molecule has 0 aromatic carbocycles. The molecule has 1 amide bonds. The van der Waals surface area contributed by atoms with Gasteiger partial charge in [-0.25, -0.2) is 4.98 Å². The number of hydrogen-bond donors (Lipinski definition) is 2. The number of nitrogens with one attached hydrogen (secondary N) is 1. The Morgan fingerprint density at radius 2 is 2.04 bits per heavy atom. The van der Waals surface area contributed by atoms with E-state index in [4.69, 9.17) is 0 Å². The molecular formula is C17H26N4O3. The lowest BCUT2D eigenvalue weighted by atomic mass is 9.94. The van der Waals surface area contributed by atoms with Gasteiger partial charge in [-0.2, -0.15) is 0 Å². The van der Waals surface area contributed by atoms with Crippen LogP contribution >= 0.6 is 0 Å². The van der Waals surface area contributed by atoms with Crippen LogP contribution in [0.5, 0.6) is 0 Å². The van der Waals surface area contributed by atoms with Crippen LogP contribution in [0.25, 0.3) is 0 Å². The van der Waals surface area contributed by atoms with Crippen LogP contribution in [0.4, 0.5) is 5.82 Å². The topological polar surface area (TPSA) is 95.4 Å². The molecule has 1 atom stereocenters. The molecule has 2 heterocycles. The van der Waals surface area contributed by atoms with Crippen LogP contribution in [0, 0.1) is 17.8 Å². The lowest BCUT2D eigenvalue weighted by Gasteiger charge is -2.32. The molecule has 1 saturated heterocycles. The summed E-state index contributed by atoms with van der Waals surface area (Å²) in [6.07, 6.45) is 7.08. The quantitative estimate of drug-likeness (QED) is 0.785. The molecule has 1 aromatic heterocycles. The third-order valence-electron chi connectivity index (χ3n) is 4.37. The van der Waals surface area contributed by atoms with Gasteiger partial charge in [-0.1, -0.05) is 13.8 Å². The van der Waals surface area contributed by atoms with Gasteiger partial charge in [-0.3, -0.25) is 14.6 Å². The van der Waals surface area contributed by atoms with Crippen molar-refractivity contribution in [2.24, 2.45) is 17.8 Å². The number of rotatable bonds is 7. The fourth-order valence-corrected chi connectivity index (χ4v) is 3.03. The molecule has 2 N–H and O–H groups in total. The predicted molar refractivity (Wildman–Crippen MR) is 90.6 cm³/mol. The Balaban J connectivity index is 1.79. The van der Waals surface area contributed by atoms with Crippen molar-refractivity contribution < 1.29 is 14.7 Å². The molecule has 0 saturated carbocycles. The van der Waals surface area contributed by atoms with E-state index in [0.29, 0.717) is 12.3 Å². The minimum atomic E-state index is -0.846. The first-order valence-corrected chi connectivity index (χ1v) is 8.48. The molecule has 132 valence electrons. The van der Waals surface area contributed by atoms with Crippen LogP contribution < -0.4 is 10.2 Å². The minimum Gasteiger partial charge on any atom is -0.481 e. The maximum atomic E-state index is 12.3. The van der Waals surface area contributed by atoms with Crippen molar-refractivity contribution in [2.45, 2.75) is 33.1 Å². The number of nitrogens with zero attached hydrogens (tertiary/aromatic N) is 3. The molecule has 1 aliphatic rings. The number of carbonyl (C=O) groups excluding carboxylic acids is 1. The van der Waals surface area contributed by atoms with E-state index in [1.165, 1.54) is 0 Å². The monoisotopic (exact) mass is 334 g/mol. The summed E-state index contributed by atoms with van der Waals surface area (Å²) < 4.78 is 0. The number of carbonyl (C=O) groups is 2. The van der Waals surface area contributed by atoms with Crippen molar-refractivity contribution >= 4 is 17.7 Å². The van der Waals surface area contributed by atoms with Crippen LogP contribution in [0.3, 0.4) is 0 Å². The van der Waals surface area contributed by atoms with Crippen LogP contribution in [-0.2, 0) is 9.59 Å². The Bertz CT molecular complexity index is 542. The highest BCUT2D eigenvalue weighted by Gasteiger charge is 2.27. The van der Waals surface area contributed by atoms with Crippen LogP contribution in [0.2, 0.25) is 0 Å². The summed E-state index contributed by atoms with van der Waals surface area (Å²) in [5.74, 6) is -0.345. The molecule has 1 aromatic rings. The first-order valence-electron chi connectivity index (χ1n) is 8.48. The van der Waals surface area contributed by atoms with Crippen molar-refractivity contribution in [2.75, 3.05) is 24.5 Å². The Morgan fingerprint density at radius 3 is 2.58 bits per heavy atom. The standard InChI is InChI=1S/C17H26N4O3/c1-12(2)9-14(17(23)24)10-20-16(22)13-3-7-21(8-4-13)15-11-18-5-6-19-15/h5-6,11-14H,3-4,7-10H2,1-2H3,(H,20,22)(H,23,24). The van der Waals surface area contributed by atoms with Crippen molar-refractivity contribution in [3.05, 3.63) is 18.6 Å². The fraction of sp³-hybridized carbons (Fsp3) is 0.647. The van der Waals surface area contributed by atoms with Crippen LogP contribution in [-0.4, -0.2) is 46.6 Å². The first-order chi connectivity index (χ1) is 11.5. The van der Waals surface area contributed by atoms with E-state index in [1.807, 2.05) is 13.8 Å². The second-order valence-electron chi connectivity index (χ2n) is 6.73. The summed E-state index contributed by atoms with van der Waals surface area (Å²) in [7, 11) is 0. The number of piperidine rings is 1. The van der Waals surface area contributed by atoms with Crippen molar-refractivity contribution in [3.8, 4) is 0 Å². The SMILES string of the molecule is CC(C)CC(CNC(=O)C1CCN(c2cnccn2)CC1)C(=O)O. The molecule has 2 rings (SSSR count). The normalized spacial score (nSPS) is 16.9. The second-order valence-corrected chi connectivity index (χ2v) is 6.73. The molecule has 7 heteroatoms. The van der Waals surface area contributed by atoms with Gasteiger partial charge in [0.05, 0.1) is 12.1 Å². The highest BCUT2D eigenvalue weighted by atomic mass is 16.4. The smallest absolute Gasteiger partial charge is 0.308 e. The summed E-state index contributed by atoms with van der Waals surface area (Å²) in [6.45, 7) is 5.69. The summed E-state index contributed by atoms with van der Waals surface area (Å²) in [4.78, 5) is 34.0. The Morgan fingerprint density at radius 1 is 1.33 bits per heavy atom. The molecule has 1 fully saturated rings. The highest BCUT2D eigenvalue weighted by Crippen LogP contribution is 2.21. The van der Waals surface area contributed by atoms with Crippen molar-refractivity contribution in [1.29, 1.82) is 0 Å². The molecule has 1 aliphatic heterocycles. The average Bonchev–Trinajstić information content (AvgIpc) is 2.58. The number of amides is 1. The number of carboxylic acids is 1. The van der Waals surface area contributed by atoms with Crippen molar-refractivity contribution in [3.63, 3.8) is 0 Å². The number of hydrogen-bond acceptors (Lipinski definition) is 5. The molecule has 0 bridgehead atoms. The zero-order valence-electron chi connectivity index (χ0n) is 14.3. The number of aliphatic carboxylic acids is 1. The lowest BCUT2D eigenvalue weighted by Crippen LogP contribution is -2.42. The molecule has 0 aliphatic carbocycles. The molecule has 24 heavy (non-hydrogen) atoms. The fourth-order valence-electron chi connectivity index (χ4n) is 3.03. The van der Waals surface area contributed by atoms with E-state index in [2.05, 4.69) is 20.2 Å². The van der Waals surface area contributed by atoms with Gasteiger partial charge in [-0.05, 0) is 25.2 Å². The minimum absolute atomic E-state index is 0.0381. The number of carboxylic acid groups (broad SMARTS) is 1. The van der Waals surface area contributed by atoms with E-state index in [0.717, 1.165) is 31.7 Å². The van der Waals surface area contributed by atoms with Gasteiger partial charge in [0.2, 0.25) is 5.91 Å². The maximum absolute atomic E-state index is 12.3. The van der Waals surface area contributed by atoms with Gasteiger partial charge in [0.1, 0.15) is 5.82 Å². The zero-order chi connectivity index (χ0) is 17.5. The van der Waals surface area contributed by atoms with E-state index in [-0.39, 0.29) is 18.4 Å². The number of anilines is 1. The van der Waals surface area contributed by atoms with Gasteiger partial charge in [0.25, 0.3) is 0 Å². The third kappa shape index (κ3) is 5.18. The zero-order valence-corrected chi connectivity index (χ0v) is 14.3. The van der Waals surface area contributed by atoms with Gasteiger partial charge in [-0.15, -0.1) is 0 Å². The van der Waals surface area contributed by atoms with E-state index < -0.39 is 11.9 Å². The summed E-state index contributed by atoms with van der Waals surface area (Å²) in [5, 5.41) is 12.1. The van der Waals surface area contributed by atoms with Gasteiger partial charge in [0.15, 0.2) is 0 Å². The Labute approximate surface area is 142 Å². The van der Waals surface area contributed by atoms with Gasteiger partial charge >= 0.3 is 5.97 Å². The van der Waals surface area contributed by atoms with E-state index in [9.17, 15) is 14.7 Å². The summed E-state index contributed by atoms with van der Waals surface area (Å²) in [6, 6.07) is 0. The van der Waals surface area contributed by atoms with Gasteiger partial charge in [0, 0.05) is 37.9 Å². The molecule has 0 spiro atoms. The third-order valence-corrected chi connectivity index (χ3v) is 4.37. The highest BCUT2D eigenvalue weighted by molar-refractivity contribution is 5.80. The number of aromatic nitrogens is 2. The second kappa shape index (κ2) is 8.61. The Kier molecular flexibility index (Phi) is 6.52. The molecule has 1 unspecified atom stereocenters. The lowest BCUT2D eigenvalue weighted by molar-refractivity contribution is -0.142. The van der Waals surface area contributed by atoms with Crippen molar-refractivity contribution in [1.82, 2.24) is 15.3 Å². The largest absolute Gasteiger partial charge is 0.481 e. The molecular weight excluding hydrogens is 308 g/mol. The molecule has 0 radical (unpaired) electrons. The van der Waals surface area contributed by atoms with Crippen LogP contribution in [0.15, 0.2) is 18.6 Å². The van der Waals surface area contributed by atoms with E-state index in [1.54, 1.807) is 18.6 Å². The predicted octanol–water partition coefficient (Wildman–Crippen LogP) is 1.56. The summed E-state index contributed by atoms with van der Waals surface area (Å²) >= 11 is 0. The summed E-state index contributed by atoms with van der Waals surface area (Å²) in [5.41, 5.74) is 0. The average molecular weight is 334 g/mol. The molecule has 7 nitrogen and oxygen atoms in total. The Hall–Kier alpha value is -2.18. The van der Waals surface area contributed by atoms with Crippen LogP contribution in [0.1, 0.15) is 33.1 Å².